The fourth-order valence-corrected chi connectivity index (χ4v) is 2.96. The zero-order valence-corrected chi connectivity index (χ0v) is 14.0. The fourth-order valence-electron chi connectivity index (χ4n) is 2.96. The van der Waals surface area contributed by atoms with Gasteiger partial charge in [-0.25, -0.2) is 4.79 Å². The number of carboxylic acids is 1. The number of nitrogens with one attached hydrogen (secondary N) is 1. The molecule has 126 valence electrons. The molecule has 0 heterocycles. The average Bonchev–Trinajstić information content (AvgIpc) is 2.66. The summed E-state index contributed by atoms with van der Waals surface area (Å²) in [5.74, 6) is -0.891. The molecule has 0 fully saturated rings. The Bertz CT molecular complexity index is 829. The number of aromatic carboxylic acids is 1. The third-order valence-electron chi connectivity index (χ3n) is 4.23. The molecule has 0 atom stereocenters. The molecule has 0 radical (unpaired) electrons. The molecule has 0 saturated carbocycles. The van der Waals surface area contributed by atoms with E-state index in [1.165, 1.54) is 5.56 Å². The highest BCUT2D eigenvalue weighted by Gasteiger charge is 2.14. The van der Waals surface area contributed by atoms with Crippen LogP contribution in [0, 0.1) is 0 Å². The molecule has 0 spiro atoms. The third-order valence-corrected chi connectivity index (χ3v) is 4.23. The molecule has 0 aliphatic heterocycles. The zero-order valence-electron chi connectivity index (χ0n) is 14.0. The lowest BCUT2D eigenvalue weighted by atomic mass is 9.95. The Morgan fingerprint density at radius 3 is 2.20 bits per heavy atom. The van der Waals surface area contributed by atoms with Gasteiger partial charge in [0.05, 0.1) is 5.56 Å². The maximum atomic E-state index is 11.6. The molecule has 25 heavy (non-hydrogen) atoms. The second-order valence-corrected chi connectivity index (χ2v) is 5.92. The number of carboxylic acid groups (broad SMARTS) is 1. The van der Waals surface area contributed by atoms with Gasteiger partial charge in [-0.15, -0.1) is 0 Å². The molecule has 0 aliphatic carbocycles. The fraction of sp³-hybridized carbons (Fsp3) is 0.136. The van der Waals surface area contributed by atoms with E-state index >= 15 is 0 Å². The van der Waals surface area contributed by atoms with Gasteiger partial charge in [0.1, 0.15) is 0 Å². The van der Waals surface area contributed by atoms with Crippen molar-refractivity contribution in [2.24, 2.45) is 0 Å². The molecule has 0 bridgehead atoms. The Hall–Kier alpha value is -2.91. The van der Waals surface area contributed by atoms with E-state index in [9.17, 15) is 9.90 Å². The lowest BCUT2D eigenvalue weighted by Gasteiger charge is -2.14. The van der Waals surface area contributed by atoms with Crippen molar-refractivity contribution in [3.8, 4) is 11.1 Å². The predicted octanol–water partition coefficient (Wildman–Crippen LogP) is 4.38. The van der Waals surface area contributed by atoms with Crippen LogP contribution in [0.5, 0.6) is 0 Å². The van der Waals surface area contributed by atoms with E-state index in [0.717, 1.165) is 29.7 Å². The summed E-state index contributed by atoms with van der Waals surface area (Å²) < 4.78 is 0. The Balaban J connectivity index is 1.77. The average molecular weight is 331 g/mol. The van der Waals surface area contributed by atoms with Crippen LogP contribution in [0.15, 0.2) is 78.9 Å². The Morgan fingerprint density at radius 2 is 1.52 bits per heavy atom. The number of hydrogen-bond donors (Lipinski definition) is 2. The maximum Gasteiger partial charge on any atom is 0.336 e. The summed E-state index contributed by atoms with van der Waals surface area (Å²) in [5, 5.41) is 12.9. The van der Waals surface area contributed by atoms with Gasteiger partial charge in [-0.2, -0.15) is 0 Å². The standard InChI is InChI=1S/C22H21NO2/c24-22(25)20-13-7-12-19(18-10-5-2-6-11-18)21(20)16-23-15-14-17-8-3-1-4-9-17/h1-13,23H,14-16H2,(H,24,25). The van der Waals surface area contributed by atoms with Crippen LogP contribution in [-0.4, -0.2) is 17.6 Å². The first-order chi connectivity index (χ1) is 12.3. The van der Waals surface area contributed by atoms with Crippen molar-refractivity contribution in [1.82, 2.24) is 5.32 Å². The first-order valence-electron chi connectivity index (χ1n) is 8.41. The van der Waals surface area contributed by atoms with Crippen LogP contribution >= 0.6 is 0 Å². The highest BCUT2D eigenvalue weighted by Crippen LogP contribution is 2.26. The van der Waals surface area contributed by atoms with Gasteiger partial charge in [0.25, 0.3) is 0 Å². The lowest BCUT2D eigenvalue weighted by Crippen LogP contribution is -2.19. The SMILES string of the molecule is O=C(O)c1cccc(-c2ccccc2)c1CNCCc1ccccc1. The lowest BCUT2D eigenvalue weighted by molar-refractivity contribution is 0.0695. The van der Waals surface area contributed by atoms with Gasteiger partial charge in [0.15, 0.2) is 0 Å². The Morgan fingerprint density at radius 1 is 0.840 bits per heavy atom. The molecule has 3 rings (SSSR count). The van der Waals surface area contributed by atoms with E-state index in [1.54, 1.807) is 12.1 Å². The first kappa shape index (κ1) is 16.9. The molecule has 3 aromatic carbocycles. The van der Waals surface area contributed by atoms with Crippen LogP contribution in [0.2, 0.25) is 0 Å². The van der Waals surface area contributed by atoms with Crippen molar-refractivity contribution in [3.05, 3.63) is 95.6 Å². The van der Waals surface area contributed by atoms with Crippen molar-refractivity contribution in [2.75, 3.05) is 6.54 Å². The highest BCUT2D eigenvalue weighted by molar-refractivity contribution is 5.92. The van der Waals surface area contributed by atoms with Crippen LogP contribution in [-0.2, 0) is 13.0 Å². The minimum absolute atomic E-state index is 0.355. The molecule has 0 amide bonds. The number of benzene rings is 3. The van der Waals surface area contributed by atoms with E-state index in [2.05, 4.69) is 17.4 Å². The smallest absolute Gasteiger partial charge is 0.336 e. The minimum Gasteiger partial charge on any atom is -0.478 e. The Labute approximate surface area is 148 Å². The van der Waals surface area contributed by atoms with Gasteiger partial charge < -0.3 is 10.4 Å². The molecule has 3 heteroatoms. The number of rotatable bonds is 7. The topological polar surface area (TPSA) is 49.3 Å². The molecule has 3 aromatic rings. The molecular formula is C22H21NO2. The normalized spacial score (nSPS) is 10.6. The largest absolute Gasteiger partial charge is 0.478 e. The second kappa shape index (κ2) is 8.27. The third kappa shape index (κ3) is 4.34. The van der Waals surface area contributed by atoms with Crippen LogP contribution in [0.25, 0.3) is 11.1 Å². The Kier molecular flexibility index (Phi) is 5.60. The van der Waals surface area contributed by atoms with Gasteiger partial charge in [0, 0.05) is 6.54 Å². The highest BCUT2D eigenvalue weighted by atomic mass is 16.4. The van der Waals surface area contributed by atoms with Gasteiger partial charge in [-0.05, 0) is 41.3 Å². The van der Waals surface area contributed by atoms with Gasteiger partial charge in [-0.1, -0.05) is 72.8 Å². The van der Waals surface area contributed by atoms with Crippen LogP contribution in [0.1, 0.15) is 21.5 Å². The second-order valence-electron chi connectivity index (χ2n) is 5.92. The van der Waals surface area contributed by atoms with E-state index in [4.69, 9.17) is 0 Å². The van der Waals surface area contributed by atoms with E-state index in [1.807, 2.05) is 54.6 Å². The van der Waals surface area contributed by atoms with Crippen molar-refractivity contribution in [3.63, 3.8) is 0 Å². The van der Waals surface area contributed by atoms with Gasteiger partial charge >= 0.3 is 5.97 Å². The van der Waals surface area contributed by atoms with E-state index in [0.29, 0.717) is 12.1 Å². The number of hydrogen-bond acceptors (Lipinski definition) is 2. The van der Waals surface area contributed by atoms with Crippen molar-refractivity contribution in [2.45, 2.75) is 13.0 Å². The van der Waals surface area contributed by atoms with Crippen LogP contribution < -0.4 is 5.32 Å². The molecule has 0 saturated heterocycles. The van der Waals surface area contributed by atoms with Crippen molar-refractivity contribution in [1.29, 1.82) is 0 Å². The van der Waals surface area contributed by atoms with Crippen molar-refractivity contribution >= 4 is 5.97 Å². The zero-order chi connectivity index (χ0) is 17.5. The maximum absolute atomic E-state index is 11.6. The molecule has 2 N–H and O–H groups in total. The summed E-state index contributed by atoms with van der Waals surface area (Å²) in [7, 11) is 0. The molecule has 0 unspecified atom stereocenters. The number of carbonyl (C=O) groups is 1. The van der Waals surface area contributed by atoms with Gasteiger partial charge in [-0.3, -0.25) is 0 Å². The molecule has 0 aliphatic rings. The van der Waals surface area contributed by atoms with E-state index in [-0.39, 0.29) is 0 Å². The summed E-state index contributed by atoms with van der Waals surface area (Å²) in [4.78, 5) is 11.6. The quantitative estimate of drug-likeness (QED) is 0.632. The molecule has 3 nitrogen and oxygen atoms in total. The van der Waals surface area contributed by atoms with Gasteiger partial charge in [0.2, 0.25) is 0 Å². The first-order valence-corrected chi connectivity index (χ1v) is 8.41. The van der Waals surface area contributed by atoms with Crippen LogP contribution in [0.4, 0.5) is 0 Å². The summed E-state index contributed by atoms with van der Waals surface area (Å²) in [5.41, 5.74) is 4.45. The summed E-state index contributed by atoms with van der Waals surface area (Å²) in [6.07, 6.45) is 0.913. The monoisotopic (exact) mass is 331 g/mol. The molecular weight excluding hydrogens is 310 g/mol. The summed E-state index contributed by atoms with van der Waals surface area (Å²) >= 11 is 0. The van der Waals surface area contributed by atoms with E-state index < -0.39 is 5.97 Å². The minimum atomic E-state index is -0.891. The summed E-state index contributed by atoms with van der Waals surface area (Å²) in [6.45, 7) is 1.33. The predicted molar refractivity (Wildman–Crippen MR) is 101 cm³/mol. The molecule has 0 aromatic heterocycles. The van der Waals surface area contributed by atoms with Crippen molar-refractivity contribution < 1.29 is 9.90 Å². The van der Waals surface area contributed by atoms with Crippen LogP contribution in [0.3, 0.4) is 0 Å². The summed E-state index contributed by atoms with van der Waals surface area (Å²) in [6, 6.07) is 25.6.